The molecule has 0 saturated heterocycles. The van der Waals surface area contributed by atoms with E-state index >= 15 is 0 Å². The van der Waals surface area contributed by atoms with Crippen LogP contribution >= 0.6 is 0 Å². The van der Waals surface area contributed by atoms with Crippen molar-refractivity contribution in [2.45, 2.75) is 26.7 Å². The third kappa shape index (κ3) is 3.88. The lowest BCUT2D eigenvalue weighted by molar-refractivity contribution is 0.199. The highest BCUT2D eigenvalue weighted by Gasteiger charge is 1.81. The molecule has 0 bridgehead atoms. The molecule has 0 unspecified atom stereocenters. The number of hydrogen-bond acceptors (Lipinski definition) is 0. The van der Waals surface area contributed by atoms with Crippen molar-refractivity contribution in [2.75, 3.05) is 6.61 Å². The van der Waals surface area contributed by atoms with Crippen LogP contribution in [0.2, 0.25) is 0 Å². The Hall–Kier alpha value is -0.300. The minimum atomic E-state index is 0.0251. The molecule has 0 spiro atoms. The maximum absolute atomic E-state index is 9.91. The molecule has 0 N–H and O–H groups in total. The first-order valence-electron chi connectivity index (χ1n) is 3.05. The Morgan fingerprint density at radius 2 is 2.25 bits per heavy atom. The van der Waals surface area contributed by atoms with Crippen molar-refractivity contribution < 1.29 is 5.11 Å². The van der Waals surface area contributed by atoms with Gasteiger partial charge in [0.25, 0.3) is 0 Å². The average molecular weight is 113 g/mol. The molecule has 0 fully saturated rings. The predicted octanol–water partition coefficient (Wildman–Crippen LogP) is 2.16. The van der Waals surface area contributed by atoms with Crippen molar-refractivity contribution in [3.05, 3.63) is 11.6 Å². The fourth-order valence-electron chi connectivity index (χ4n) is 0.450. The average Bonchev–Trinajstić information content (AvgIpc) is 1.83. The van der Waals surface area contributed by atoms with Gasteiger partial charge in [0.05, 0.1) is 6.61 Å². The van der Waals surface area contributed by atoms with Gasteiger partial charge in [0.1, 0.15) is 0 Å². The summed E-state index contributed by atoms with van der Waals surface area (Å²) in [7, 11) is 0. The van der Waals surface area contributed by atoms with Gasteiger partial charge >= 0.3 is 0 Å². The monoisotopic (exact) mass is 113 g/mol. The first-order valence-corrected chi connectivity index (χ1v) is 3.05. The summed E-state index contributed by atoms with van der Waals surface area (Å²) in [5, 5.41) is 9.91. The zero-order valence-electron chi connectivity index (χ0n) is 5.61. The second-order valence-corrected chi connectivity index (χ2v) is 1.90. The van der Waals surface area contributed by atoms with Crippen LogP contribution in [0.3, 0.4) is 0 Å². The molecule has 0 saturated carbocycles. The Morgan fingerprint density at radius 3 is 2.62 bits per heavy atom. The van der Waals surface area contributed by atoms with E-state index in [0.717, 1.165) is 6.42 Å². The van der Waals surface area contributed by atoms with Gasteiger partial charge in [0.15, 0.2) is 0 Å². The fourth-order valence-corrected chi connectivity index (χ4v) is 0.450. The lowest BCUT2D eigenvalue weighted by atomic mass is 10.2. The van der Waals surface area contributed by atoms with Gasteiger partial charge in [0.2, 0.25) is 0 Å². The summed E-state index contributed by atoms with van der Waals surface area (Å²) >= 11 is 0. The number of hydrogen-bond donors (Lipinski definition) is 0. The summed E-state index contributed by atoms with van der Waals surface area (Å²) in [4.78, 5) is 0. The molecule has 0 atom stereocenters. The molecule has 47 valence electrons. The zero-order valence-corrected chi connectivity index (χ0v) is 5.61. The van der Waals surface area contributed by atoms with E-state index in [9.17, 15) is 5.11 Å². The Kier molecular flexibility index (Phi) is 4.67. The van der Waals surface area contributed by atoms with Crippen molar-refractivity contribution in [1.82, 2.24) is 0 Å². The van der Waals surface area contributed by atoms with Crippen LogP contribution in [0, 0.1) is 0 Å². The van der Waals surface area contributed by atoms with Crippen molar-refractivity contribution >= 4 is 0 Å². The van der Waals surface area contributed by atoms with Crippen LogP contribution in [-0.4, -0.2) is 6.61 Å². The summed E-state index contributed by atoms with van der Waals surface area (Å²) < 4.78 is 0. The van der Waals surface area contributed by atoms with Crippen molar-refractivity contribution in [3.63, 3.8) is 0 Å². The Morgan fingerprint density at radius 1 is 1.62 bits per heavy atom. The maximum Gasteiger partial charge on any atom is 0.0856 e. The van der Waals surface area contributed by atoms with E-state index in [1.807, 2.05) is 6.08 Å². The molecule has 0 aliphatic rings. The topological polar surface area (TPSA) is 19.9 Å². The molecule has 0 aromatic carbocycles. The van der Waals surface area contributed by atoms with Gasteiger partial charge in [-0.25, -0.2) is 5.11 Å². The minimum absolute atomic E-state index is 0.0251. The molecule has 1 radical (unpaired) electrons. The van der Waals surface area contributed by atoms with Gasteiger partial charge in [-0.2, -0.15) is 0 Å². The van der Waals surface area contributed by atoms with Crippen LogP contribution in [-0.2, 0) is 5.11 Å². The van der Waals surface area contributed by atoms with Crippen LogP contribution in [0.25, 0.3) is 0 Å². The van der Waals surface area contributed by atoms with E-state index in [1.54, 1.807) is 0 Å². The maximum atomic E-state index is 9.91. The molecule has 1 nitrogen and oxygen atoms in total. The van der Waals surface area contributed by atoms with Crippen molar-refractivity contribution in [3.8, 4) is 0 Å². The summed E-state index contributed by atoms with van der Waals surface area (Å²) in [6.07, 6.45) is 3.77. The third-order valence-corrected chi connectivity index (χ3v) is 1.17. The SMILES string of the molecule is CC/C(C)=C/CC[O]. The Bertz CT molecular complexity index is 74.5. The predicted molar refractivity (Wildman–Crippen MR) is 34.2 cm³/mol. The van der Waals surface area contributed by atoms with Gasteiger partial charge in [-0.15, -0.1) is 0 Å². The van der Waals surface area contributed by atoms with Gasteiger partial charge in [0, 0.05) is 0 Å². The third-order valence-electron chi connectivity index (χ3n) is 1.17. The molecular formula is C7H13O. The normalized spacial score (nSPS) is 12.1. The molecule has 8 heavy (non-hydrogen) atoms. The standard InChI is InChI=1S/C7H13O/c1-3-7(2)5-4-6-8/h5H,3-4,6H2,1-2H3/b7-5+. The second-order valence-electron chi connectivity index (χ2n) is 1.90. The molecule has 0 amide bonds. The van der Waals surface area contributed by atoms with Gasteiger partial charge in [-0.05, 0) is 19.8 Å². The number of rotatable bonds is 3. The highest BCUT2D eigenvalue weighted by atomic mass is 16.2. The fraction of sp³-hybridized carbons (Fsp3) is 0.714. The molecule has 0 rings (SSSR count). The molecule has 0 aromatic rings. The number of allylic oxidation sites excluding steroid dienone is 1. The quantitative estimate of drug-likeness (QED) is 0.500. The summed E-state index contributed by atoms with van der Waals surface area (Å²) in [6.45, 7) is 4.17. The second kappa shape index (κ2) is 4.85. The van der Waals surface area contributed by atoms with E-state index in [4.69, 9.17) is 0 Å². The van der Waals surface area contributed by atoms with Crippen molar-refractivity contribution in [2.24, 2.45) is 0 Å². The largest absolute Gasteiger partial charge is 0.236 e. The van der Waals surface area contributed by atoms with Crippen molar-refractivity contribution in [1.29, 1.82) is 0 Å². The summed E-state index contributed by atoms with van der Waals surface area (Å²) in [6, 6.07) is 0. The first-order chi connectivity index (χ1) is 3.81. The molecule has 0 aliphatic carbocycles. The smallest absolute Gasteiger partial charge is 0.0856 e. The van der Waals surface area contributed by atoms with E-state index in [-0.39, 0.29) is 6.61 Å². The summed E-state index contributed by atoms with van der Waals surface area (Å²) in [5.74, 6) is 0. The highest BCUT2D eigenvalue weighted by Crippen LogP contribution is 1.98. The minimum Gasteiger partial charge on any atom is -0.236 e. The van der Waals surface area contributed by atoms with E-state index in [2.05, 4.69) is 13.8 Å². The first kappa shape index (κ1) is 7.70. The van der Waals surface area contributed by atoms with Gasteiger partial charge in [-0.3, -0.25) is 0 Å². The van der Waals surface area contributed by atoms with Gasteiger partial charge in [-0.1, -0.05) is 18.6 Å². The Labute approximate surface area is 51.0 Å². The van der Waals surface area contributed by atoms with Crippen LogP contribution in [0.5, 0.6) is 0 Å². The summed E-state index contributed by atoms with van der Waals surface area (Å²) in [5.41, 5.74) is 1.32. The van der Waals surface area contributed by atoms with Crippen LogP contribution in [0.1, 0.15) is 26.7 Å². The van der Waals surface area contributed by atoms with Crippen LogP contribution in [0.15, 0.2) is 11.6 Å². The lowest BCUT2D eigenvalue weighted by Gasteiger charge is -1.90. The van der Waals surface area contributed by atoms with E-state index < -0.39 is 0 Å². The van der Waals surface area contributed by atoms with Crippen LogP contribution in [0.4, 0.5) is 0 Å². The zero-order chi connectivity index (χ0) is 6.41. The van der Waals surface area contributed by atoms with E-state index in [1.165, 1.54) is 5.57 Å². The lowest BCUT2D eigenvalue weighted by Crippen LogP contribution is -1.76. The highest BCUT2D eigenvalue weighted by molar-refractivity contribution is 4.95. The molecular weight excluding hydrogens is 100 g/mol. The van der Waals surface area contributed by atoms with Gasteiger partial charge < -0.3 is 0 Å². The Balaban J connectivity index is 3.26. The van der Waals surface area contributed by atoms with Crippen LogP contribution < -0.4 is 0 Å². The molecule has 0 aromatic heterocycles. The molecule has 1 heteroatoms. The van der Waals surface area contributed by atoms with E-state index in [0.29, 0.717) is 6.42 Å². The molecule has 0 heterocycles. The molecule has 0 aliphatic heterocycles.